The molecule has 0 bridgehead atoms. The fraction of sp³-hybridized carbons (Fsp3) is 0.273. The van der Waals surface area contributed by atoms with Gasteiger partial charge < -0.3 is 14.8 Å². The van der Waals surface area contributed by atoms with Crippen LogP contribution in [0.2, 0.25) is 5.02 Å². The highest BCUT2D eigenvalue weighted by molar-refractivity contribution is 6.30. The third-order valence-corrected chi connectivity index (χ3v) is 2.27. The highest BCUT2D eigenvalue weighted by atomic mass is 35.5. The number of ether oxygens (including phenoxy) is 2. The van der Waals surface area contributed by atoms with Crippen molar-refractivity contribution in [1.29, 1.82) is 0 Å². The van der Waals surface area contributed by atoms with E-state index >= 15 is 0 Å². The van der Waals surface area contributed by atoms with Gasteiger partial charge in [-0.25, -0.2) is 4.79 Å². The third-order valence-electron chi connectivity index (χ3n) is 2.02. The SMILES string of the molecule is COC(=O)C(NC(=O)c1ccc(Cl)cc1)OC. The summed E-state index contributed by atoms with van der Waals surface area (Å²) in [6.45, 7) is 0. The molecule has 1 atom stereocenters. The highest BCUT2D eigenvalue weighted by Crippen LogP contribution is 2.09. The molecule has 0 aromatic heterocycles. The van der Waals surface area contributed by atoms with Crippen molar-refractivity contribution in [2.75, 3.05) is 14.2 Å². The Kier molecular flexibility index (Phi) is 4.93. The van der Waals surface area contributed by atoms with Crippen molar-refractivity contribution in [2.45, 2.75) is 6.23 Å². The summed E-state index contributed by atoms with van der Waals surface area (Å²) in [6, 6.07) is 6.25. The minimum atomic E-state index is -1.12. The van der Waals surface area contributed by atoms with Crippen LogP contribution in [0.25, 0.3) is 0 Å². The molecule has 92 valence electrons. The Morgan fingerprint density at radius 2 is 1.82 bits per heavy atom. The number of rotatable bonds is 4. The molecule has 1 aromatic rings. The van der Waals surface area contributed by atoms with Crippen LogP contribution in [0.4, 0.5) is 0 Å². The van der Waals surface area contributed by atoms with E-state index in [1.165, 1.54) is 14.2 Å². The molecule has 1 unspecified atom stereocenters. The van der Waals surface area contributed by atoms with Gasteiger partial charge in [0.2, 0.25) is 6.23 Å². The first-order chi connectivity index (χ1) is 8.08. The molecule has 0 saturated heterocycles. The van der Waals surface area contributed by atoms with Crippen LogP contribution in [0, 0.1) is 0 Å². The fourth-order valence-corrected chi connectivity index (χ4v) is 1.25. The largest absolute Gasteiger partial charge is 0.466 e. The number of benzene rings is 1. The molecule has 0 aliphatic carbocycles. The van der Waals surface area contributed by atoms with E-state index < -0.39 is 18.1 Å². The Balaban J connectivity index is 2.71. The van der Waals surface area contributed by atoms with Crippen LogP contribution in [0.15, 0.2) is 24.3 Å². The zero-order chi connectivity index (χ0) is 12.8. The second-order valence-electron chi connectivity index (χ2n) is 3.12. The molecule has 0 aliphatic heterocycles. The van der Waals surface area contributed by atoms with Gasteiger partial charge in [-0.2, -0.15) is 0 Å². The van der Waals surface area contributed by atoms with Gasteiger partial charge >= 0.3 is 5.97 Å². The summed E-state index contributed by atoms with van der Waals surface area (Å²) in [4.78, 5) is 22.9. The molecule has 5 nitrogen and oxygen atoms in total. The molecular weight excluding hydrogens is 246 g/mol. The quantitative estimate of drug-likeness (QED) is 0.651. The monoisotopic (exact) mass is 257 g/mol. The number of carbonyl (C=O) groups excluding carboxylic acids is 2. The van der Waals surface area contributed by atoms with Gasteiger partial charge in [-0.3, -0.25) is 4.79 Å². The maximum Gasteiger partial charge on any atom is 0.356 e. The van der Waals surface area contributed by atoms with E-state index in [2.05, 4.69) is 10.1 Å². The first-order valence-electron chi connectivity index (χ1n) is 4.75. The van der Waals surface area contributed by atoms with Gasteiger partial charge in [0, 0.05) is 17.7 Å². The number of hydrogen-bond donors (Lipinski definition) is 1. The molecule has 6 heteroatoms. The van der Waals surface area contributed by atoms with Crippen LogP contribution < -0.4 is 5.32 Å². The minimum Gasteiger partial charge on any atom is -0.466 e. The van der Waals surface area contributed by atoms with Gasteiger partial charge in [0.05, 0.1) is 7.11 Å². The maximum atomic E-state index is 11.7. The van der Waals surface area contributed by atoms with Gasteiger partial charge in [-0.15, -0.1) is 0 Å². The molecule has 0 aliphatic rings. The zero-order valence-corrected chi connectivity index (χ0v) is 10.2. The normalized spacial score (nSPS) is 11.7. The van der Waals surface area contributed by atoms with Crippen molar-refractivity contribution in [1.82, 2.24) is 5.32 Å². The summed E-state index contributed by atoms with van der Waals surface area (Å²) >= 11 is 5.69. The number of esters is 1. The van der Waals surface area contributed by atoms with Gasteiger partial charge in [0.25, 0.3) is 5.91 Å². The van der Waals surface area contributed by atoms with Crippen LogP contribution in [0.1, 0.15) is 10.4 Å². The van der Waals surface area contributed by atoms with Crippen LogP contribution >= 0.6 is 11.6 Å². The van der Waals surface area contributed by atoms with Crippen molar-refractivity contribution in [3.63, 3.8) is 0 Å². The van der Waals surface area contributed by atoms with E-state index in [4.69, 9.17) is 16.3 Å². The molecule has 0 radical (unpaired) electrons. The Hall–Kier alpha value is -1.59. The molecule has 17 heavy (non-hydrogen) atoms. The molecular formula is C11H12ClNO4. The first-order valence-corrected chi connectivity index (χ1v) is 5.13. The minimum absolute atomic E-state index is 0.375. The summed E-state index contributed by atoms with van der Waals surface area (Å²) in [5.41, 5.74) is 0.375. The van der Waals surface area contributed by atoms with Crippen molar-refractivity contribution >= 4 is 23.5 Å². The maximum absolute atomic E-state index is 11.7. The summed E-state index contributed by atoms with van der Waals surface area (Å²) in [7, 11) is 2.51. The Labute approximate surface area is 104 Å². The molecule has 0 saturated carbocycles. The van der Waals surface area contributed by atoms with Gasteiger partial charge in [0.15, 0.2) is 0 Å². The van der Waals surface area contributed by atoms with Crippen molar-refractivity contribution < 1.29 is 19.1 Å². The predicted octanol–water partition coefficient (Wildman–Crippen LogP) is 1.22. The van der Waals surface area contributed by atoms with E-state index in [9.17, 15) is 9.59 Å². The second kappa shape index (κ2) is 6.22. The number of nitrogens with one attached hydrogen (secondary N) is 1. The smallest absolute Gasteiger partial charge is 0.356 e. The van der Waals surface area contributed by atoms with Crippen LogP contribution in [-0.4, -0.2) is 32.3 Å². The molecule has 1 rings (SSSR count). The van der Waals surface area contributed by atoms with Crippen LogP contribution in [0.3, 0.4) is 0 Å². The lowest BCUT2D eigenvalue weighted by Crippen LogP contribution is -2.42. The van der Waals surface area contributed by atoms with Gasteiger partial charge in [0.1, 0.15) is 0 Å². The topological polar surface area (TPSA) is 64.6 Å². The Morgan fingerprint density at radius 3 is 2.29 bits per heavy atom. The average Bonchev–Trinajstić information content (AvgIpc) is 2.35. The third kappa shape index (κ3) is 3.72. The molecule has 1 N–H and O–H groups in total. The van der Waals surface area contributed by atoms with Gasteiger partial charge in [-0.05, 0) is 24.3 Å². The second-order valence-corrected chi connectivity index (χ2v) is 3.56. The highest BCUT2D eigenvalue weighted by Gasteiger charge is 2.21. The summed E-state index contributed by atoms with van der Waals surface area (Å²) in [5, 5.41) is 2.90. The summed E-state index contributed by atoms with van der Waals surface area (Å²) in [5.74, 6) is -1.12. The van der Waals surface area contributed by atoms with Gasteiger partial charge in [-0.1, -0.05) is 11.6 Å². The molecule has 1 amide bonds. The standard InChI is InChI=1S/C11H12ClNO4/c1-16-10(11(15)17-2)13-9(14)7-3-5-8(12)6-4-7/h3-6,10H,1-2H3,(H,13,14). The molecule has 0 heterocycles. The summed E-state index contributed by atoms with van der Waals surface area (Å²) in [6.07, 6.45) is -1.12. The number of hydrogen-bond acceptors (Lipinski definition) is 4. The summed E-state index contributed by atoms with van der Waals surface area (Å²) < 4.78 is 9.25. The molecule has 0 fully saturated rings. The fourth-order valence-electron chi connectivity index (χ4n) is 1.12. The lowest BCUT2D eigenvalue weighted by atomic mass is 10.2. The Morgan fingerprint density at radius 1 is 1.24 bits per heavy atom. The first kappa shape index (κ1) is 13.5. The van der Waals surface area contributed by atoms with E-state index in [1.54, 1.807) is 24.3 Å². The number of halogens is 1. The van der Waals surface area contributed by atoms with Crippen LogP contribution in [-0.2, 0) is 14.3 Å². The number of methoxy groups -OCH3 is 2. The Bertz CT molecular complexity index is 404. The van der Waals surface area contributed by atoms with E-state index in [0.29, 0.717) is 10.6 Å². The average molecular weight is 258 g/mol. The lowest BCUT2D eigenvalue weighted by Gasteiger charge is -2.14. The van der Waals surface area contributed by atoms with Crippen molar-refractivity contribution in [3.8, 4) is 0 Å². The van der Waals surface area contributed by atoms with Crippen molar-refractivity contribution in [3.05, 3.63) is 34.9 Å². The lowest BCUT2D eigenvalue weighted by molar-refractivity contribution is -0.153. The molecule has 0 spiro atoms. The van der Waals surface area contributed by atoms with E-state index in [1.807, 2.05) is 0 Å². The predicted molar refractivity (Wildman–Crippen MR) is 61.7 cm³/mol. The van der Waals surface area contributed by atoms with E-state index in [-0.39, 0.29) is 0 Å². The zero-order valence-electron chi connectivity index (χ0n) is 9.40. The van der Waals surface area contributed by atoms with Crippen molar-refractivity contribution in [2.24, 2.45) is 0 Å². The number of amides is 1. The number of carbonyl (C=O) groups is 2. The van der Waals surface area contributed by atoms with E-state index in [0.717, 1.165) is 0 Å². The molecule has 1 aromatic carbocycles. The van der Waals surface area contributed by atoms with Crippen LogP contribution in [0.5, 0.6) is 0 Å².